The topological polar surface area (TPSA) is 80.4 Å². The summed E-state index contributed by atoms with van der Waals surface area (Å²) in [4.78, 5) is 23.4. The number of hydrogen-bond donors (Lipinski definition) is 2. The minimum absolute atomic E-state index is 0.148. The zero-order chi connectivity index (χ0) is 18.3. The predicted octanol–water partition coefficient (Wildman–Crippen LogP) is 3.65. The van der Waals surface area contributed by atoms with Gasteiger partial charge in [-0.25, -0.2) is 0 Å². The fraction of sp³-hybridized carbons (Fsp3) is 0.750. The van der Waals surface area contributed by atoms with Crippen LogP contribution in [0.2, 0.25) is 0 Å². The van der Waals surface area contributed by atoms with Crippen LogP contribution in [0.4, 0.5) is 13.2 Å². The zero-order valence-electron chi connectivity index (χ0n) is 13.7. The van der Waals surface area contributed by atoms with Crippen LogP contribution in [-0.4, -0.2) is 33.8 Å². The van der Waals surface area contributed by atoms with Gasteiger partial charge in [0.2, 0.25) is 0 Å². The Bertz CT molecular complexity index is 578. The quantitative estimate of drug-likeness (QED) is 0.777. The summed E-state index contributed by atoms with van der Waals surface area (Å²) in [7, 11) is 0. The second kappa shape index (κ2) is 6.37. The lowest BCUT2D eigenvalue weighted by molar-refractivity contribution is -0.168. The largest absolute Gasteiger partial charge is 0.480 e. The van der Waals surface area contributed by atoms with Gasteiger partial charge in [-0.3, -0.25) is 9.59 Å². The van der Waals surface area contributed by atoms with Gasteiger partial charge in [0.1, 0.15) is 6.04 Å². The fourth-order valence-corrected chi connectivity index (χ4v) is 5.23. The molecule has 24 heavy (non-hydrogen) atoms. The number of allylic oxidation sites excluding steroid dienone is 2. The van der Waals surface area contributed by atoms with Gasteiger partial charge in [0, 0.05) is 15.7 Å². The molecule has 0 saturated heterocycles. The molecule has 0 aromatic rings. The van der Waals surface area contributed by atoms with E-state index in [1.54, 1.807) is 13.8 Å². The van der Waals surface area contributed by atoms with Crippen LogP contribution < -0.4 is 5.73 Å². The van der Waals surface area contributed by atoms with Crippen molar-refractivity contribution in [1.29, 1.82) is 0 Å². The SMILES string of the molecule is CC(C)(SC1=C(C(=O)C(F)(F)F)C2(CCCCC2)C1)C(N)C(=O)O. The first-order chi connectivity index (χ1) is 10.9. The summed E-state index contributed by atoms with van der Waals surface area (Å²) >= 11 is 0.998. The lowest BCUT2D eigenvalue weighted by atomic mass is 9.59. The van der Waals surface area contributed by atoms with Crippen molar-refractivity contribution in [3.63, 3.8) is 0 Å². The number of hydrogen-bond acceptors (Lipinski definition) is 4. The van der Waals surface area contributed by atoms with Gasteiger partial charge in [-0.05, 0) is 38.0 Å². The Morgan fingerprint density at radius 2 is 1.75 bits per heavy atom. The van der Waals surface area contributed by atoms with Crippen LogP contribution in [0.5, 0.6) is 0 Å². The highest BCUT2D eigenvalue weighted by molar-refractivity contribution is 8.04. The normalized spacial score (nSPS) is 22.2. The van der Waals surface area contributed by atoms with E-state index in [4.69, 9.17) is 10.8 Å². The summed E-state index contributed by atoms with van der Waals surface area (Å²) < 4.78 is 38.1. The number of rotatable bonds is 5. The summed E-state index contributed by atoms with van der Waals surface area (Å²) in [6, 6.07) is -1.24. The first kappa shape index (κ1) is 19.3. The smallest absolute Gasteiger partial charge is 0.454 e. The van der Waals surface area contributed by atoms with E-state index in [-0.39, 0.29) is 5.57 Å². The fourth-order valence-electron chi connectivity index (χ4n) is 3.60. The van der Waals surface area contributed by atoms with Crippen LogP contribution in [0.15, 0.2) is 10.5 Å². The van der Waals surface area contributed by atoms with Crippen molar-refractivity contribution >= 4 is 23.5 Å². The van der Waals surface area contributed by atoms with Crippen molar-refractivity contribution in [3.8, 4) is 0 Å². The molecule has 2 rings (SSSR count). The maximum Gasteiger partial charge on any atom is 0.454 e. The molecule has 1 spiro atoms. The number of carboxylic acids is 1. The molecule has 0 bridgehead atoms. The first-order valence-corrected chi connectivity index (χ1v) is 8.75. The van der Waals surface area contributed by atoms with E-state index in [1.165, 1.54) is 0 Å². The minimum Gasteiger partial charge on any atom is -0.480 e. The number of Topliss-reactive ketones (excluding diaryl/α,β-unsaturated/α-hetero) is 1. The van der Waals surface area contributed by atoms with Crippen LogP contribution in [0.3, 0.4) is 0 Å². The molecule has 136 valence electrons. The zero-order valence-corrected chi connectivity index (χ0v) is 14.5. The molecule has 1 unspecified atom stereocenters. The maximum atomic E-state index is 13.0. The molecule has 2 aliphatic carbocycles. The van der Waals surface area contributed by atoms with E-state index in [1.807, 2.05) is 0 Å². The minimum atomic E-state index is -4.91. The van der Waals surface area contributed by atoms with Crippen LogP contribution in [-0.2, 0) is 9.59 Å². The van der Waals surface area contributed by atoms with Gasteiger partial charge >= 0.3 is 12.1 Å². The van der Waals surface area contributed by atoms with E-state index in [9.17, 15) is 22.8 Å². The van der Waals surface area contributed by atoms with Crippen LogP contribution in [0.1, 0.15) is 52.4 Å². The Kier molecular flexibility index (Phi) is 5.12. The van der Waals surface area contributed by atoms with Gasteiger partial charge < -0.3 is 10.8 Å². The molecule has 0 aromatic heterocycles. The number of carbonyl (C=O) groups is 2. The summed E-state index contributed by atoms with van der Waals surface area (Å²) in [5.41, 5.74) is 4.82. The number of carbonyl (C=O) groups excluding carboxylic acids is 1. The van der Waals surface area contributed by atoms with Gasteiger partial charge in [0.15, 0.2) is 0 Å². The highest BCUT2D eigenvalue weighted by Gasteiger charge is 2.56. The number of thioether (sulfide) groups is 1. The van der Waals surface area contributed by atoms with Gasteiger partial charge in [0.05, 0.1) is 0 Å². The van der Waals surface area contributed by atoms with Gasteiger partial charge in [-0.2, -0.15) is 13.2 Å². The standard InChI is InChI=1S/C16H22F3NO3S/c1-14(2,11(20)13(22)23)24-9-8-15(6-4-3-5-7-15)10(9)12(21)16(17,18)19/h11H,3-8,20H2,1-2H3,(H,22,23). The predicted molar refractivity (Wildman–Crippen MR) is 85.5 cm³/mol. The third kappa shape index (κ3) is 3.49. The van der Waals surface area contributed by atoms with E-state index < -0.39 is 34.1 Å². The summed E-state index contributed by atoms with van der Waals surface area (Å²) in [5, 5.41) is 9.07. The maximum absolute atomic E-state index is 13.0. The van der Waals surface area contributed by atoms with Crippen LogP contribution >= 0.6 is 11.8 Å². The molecule has 8 heteroatoms. The van der Waals surface area contributed by atoms with Crippen molar-refractivity contribution < 1.29 is 27.9 Å². The first-order valence-electron chi connectivity index (χ1n) is 7.93. The summed E-state index contributed by atoms with van der Waals surface area (Å²) in [6.07, 6.45) is -0.753. The molecule has 0 amide bonds. The molecular formula is C16H22F3NO3S. The van der Waals surface area contributed by atoms with Gasteiger partial charge in [-0.15, -0.1) is 11.8 Å². The second-order valence-electron chi connectivity index (χ2n) is 7.16. The molecular weight excluding hydrogens is 343 g/mol. The Morgan fingerprint density at radius 3 is 2.21 bits per heavy atom. The second-order valence-corrected chi connectivity index (χ2v) is 8.91. The summed E-state index contributed by atoms with van der Waals surface area (Å²) in [5.74, 6) is -3.00. The number of nitrogens with two attached hydrogens (primary N) is 1. The lowest BCUT2D eigenvalue weighted by Gasteiger charge is -2.49. The average molecular weight is 365 g/mol. The van der Waals surface area contributed by atoms with Crippen molar-refractivity contribution in [2.75, 3.05) is 0 Å². The average Bonchev–Trinajstić information content (AvgIpc) is 2.45. The van der Waals surface area contributed by atoms with Crippen LogP contribution in [0.25, 0.3) is 0 Å². The van der Waals surface area contributed by atoms with E-state index >= 15 is 0 Å². The van der Waals surface area contributed by atoms with Crippen molar-refractivity contribution in [2.45, 2.75) is 69.3 Å². The third-order valence-corrected chi connectivity index (χ3v) is 6.38. The van der Waals surface area contributed by atoms with Gasteiger partial charge in [0.25, 0.3) is 5.78 Å². The highest BCUT2D eigenvalue weighted by atomic mass is 32.2. The van der Waals surface area contributed by atoms with E-state index in [0.29, 0.717) is 24.2 Å². The number of halogens is 3. The van der Waals surface area contributed by atoms with Crippen molar-refractivity contribution in [3.05, 3.63) is 10.5 Å². The molecule has 1 atom stereocenters. The Balaban J connectivity index is 2.35. The number of alkyl halides is 3. The Labute approximate surface area is 143 Å². The van der Waals surface area contributed by atoms with Crippen molar-refractivity contribution in [2.24, 2.45) is 11.1 Å². The number of aliphatic carboxylic acids is 1. The monoisotopic (exact) mass is 365 g/mol. The Hall–Kier alpha value is -1.02. The Morgan fingerprint density at radius 1 is 1.21 bits per heavy atom. The molecule has 1 fully saturated rings. The van der Waals surface area contributed by atoms with E-state index in [0.717, 1.165) is 31.0 Å². The molecule has 3 N–H and O–H groups in total. The molecule has 0 aliphatic heterocycles. The highest BCUT2D eigenvalue weighted by Crippen LogP contribution is 2.61. The summed E-state index contributed by atoms with van der Waals surface area (Å²) in [6.45, 7) is 3.15. The molecule has 0 radical (unpaired) electrons. The molecule has 4 nitrogen and oxygen atoms in total. The van der Waals surface area contributed by atoms with Gasteiger partial charge in [-0.1, -0.05) is 19.3 Å². The number of carboxylic acid groups (broad SMARTS) is 1. The number of ketones is 1. The molecule has 2 aliphatic rings. The molecule has 0 heterocycles. The van der Waals surface area contributed by atoms with E-state index in [2.05, 4.69) is 0 Å². The van der Waals surface area contributed by atoms with Crippen molar-refractivity contribution in [1.82, 2.24) is 0 Å². The molecule has 0 aromatic carbocycles. The van der Waals surface area contributed by atoms with Crippen LogP contribution in [0, 0.1) is 5.41 Å². The molecule has 1 saturated carbocycles. The third-order valence-electron chi connectivity index (χ3n) is 5.00. The lowest BCUT2D eigenvalue weighted by Crippen LogP contribution is -2.49.